The Morgan fingerprint density at radius 3 is 2.32 bits per heavy atom. The first-order valence-corrected chi connectivity index (χ1v) is 5.35. The first-order chi connectivity index (χ1) is 8.70. The Labute approximate surface area is 117 Å². The van der Waals surface area contributed by atoms with E-state index in [9.17, 15) is 4.79 Å². The highest BCUT2D eigenvalue weighted by Gasteiger charge is 2.10. The Bertz CT molecular complexity index is 555. The van der Waals surface area contributed by atoms with Gasteiger partial charge in [-0.2, -0.15) is 0 Å². The average Bonchev–Trinajstić information content (AvgIpc) is 2.40. The first kappa shape index (κ1) is 14.9. The maximum absolute atomic E-state index is 10.8. The normalized spacial score (nSPS) is 9.32. The van der Waals surface area contributed by atoms with Crippen LogP contribution in [0, 0.1) is 0 Å². The number of para-hydroxylation sites is 1. The van der Waals surface area contributed by atoms with E-state index >= 15 is 0 Å². The average molecular weight is 281 g/mol. The zero-order valence-electron chi connectivity index (χ0n) is 10.2. The van der Waals surface area contributed by atoms with Gasteiger partial charge in [-0.15, -0.1) is 12.4 Å². The molecule has 0 aromatic heterocycles. The van der Waals surface area contributed by atoms with Crippen LogP contribution in [0.1, 0.15) is 10.4 Å². The maximum atomic E-state index is 10.8. The number of hydrogen-bond acceptors (Lipinski definition) is 3. The lowest BCUT2D eigenvalue weighted by Crippen LogP contribution is -1.98. The van der Waals surface area contributed by atoms with Crippen molar-refractivity contribution in [1.82, 2.24) is 0 Å². The largest absolute Gasteiger partial charge is 0.493 e. The molecule has 2 rings (SSSR count). The van der Waals surface area contributed by atoms with Gasteiger partial charge in [-0.1, -0.05) is 18.2 Å². The van der Waals surface area contributed by atoms with E-state index in [2.05, 4.69) is 0 Å². The summed E-state index contributed by atoms with van der Waals surface area (Å²) in [5.41, 5.74) is 0.160. The van der Waals surface area contributed by atoms with Crippen molar-refractivity contribution in [2.45, 2.75) is 0 Å². The Morgan fingerprint density at radius 1 is 1.05 bits per heavy atom. The van der Waals surface area contributed by atoms with Gasteiger partial charge in [0.05, 0.1) is 12.7 Å². The molecule has 0 atom stereocenters. The van der Waals surface area contributed by atoms with Crippen molar-refractivity contribution in [3.8, 4) is 17.2 Å². The highest BCUT2D eigenvalue weighted by atomic mass is 35.5. The smallest absolute Gasteiger partial charge is 0.335 e. The number of rotatable bonds is 4. The van der Waals surface area contributed by atoms with E-state index in [1.54, 1.807) is 6.07 Å². The van der Waals surface area contributed by atoms with E-state index < -0.39 is 5.97 Å². The van der Waals surface area contributed by atoms with Crippen LogP contribution in [0.4, 0.5) is 0 Å². The molecule has 0 aliphatic heterocycles. The second kappa shape index (κ2) is 6.66. The molecule has 0 saturated heterocycles. The number of aromatic carboxylic acids is 1. The topological polar surface area (TPSA) is 55.8 Å². The number of methoxy groups -OCH3 is 1. The summed E-state index contributed by atoms with van der Waals surface area (Å²) in [6.07, 6.45) is 0. The Kier molecular flexibility index (Phi) is 5.21. The van der Waals surface area contributed by atoms with E-state index in [-0.39, 0.29) is 18.0 Å². The third kappa shape index (κ3) is 3.63. The fourth-order valence-electron chi connectivity index (χ4n) is 1.50. The molecule has 0 bridgehead atoms. The van der Waals surface area contributed by atoms with Crippen molar-refractivity contribution in [2.24, 2.45) is 0 Å². The number of carbonyl (C=O) groups is 1. The summed E-state index contributed by atoms with van der Waals surface area (Å²) in [4.78, 5) is 10.8. The zero-order chi connectivity index (χ0) is 13.0. The number of benzene rings is 2. The minimum atomic E-state index is -1.00. The van der Waals surface area contributed by atoms with Gasteiger partial charge in [-0.3, -0.25) is 0 Å². The van der Waals surface area contributed by atoms with Gasteiger partial charge in [0.25, 0.3) is 0 Å². The lowest BCUT2D eigenvalue weighted by atomic mass is 10.2. The molecule has 2 aromatic carbocycles. The van der Waals surface area contributed by atoms with Crippen LogP contribution in [0.15, 0.2) is 48.5 Å². The van der Waals surface area contributed by atoms with Gasteiger partial charge in [0.15, 0.2) is 11.5 Å². The minimum Gasteiger partial charge on any atom is -0.493 e. The fraction of sp³-hybridized carbons (Fsp3) is 0.0714. The molecule has 5 heteroatoms. The maximum Gasteiger partial charge on any atom is 0.335 e. The lowest BCUT2D eigenvalue weighted by Gasteiger charge is -2.10. The van der Waals surface area contributed by atoms with Crippen LogP contribution < -0.4 is 9.47 Å². The summed E-state index contributed by atoms with van der Waals surface area (Å²) in [6.45, 7) is 0. The summed E-state index contributed by atoms with van der Waals surface area (Å²) in [7, 11) is 1.47. The molecule has 2 aromatic rings. The number of ether oxygens (including phenoxy) is 2. The van der Waals surface area contributed by atoms with Crippen molar-refractivity contribution in [3.63, 3.8) is 0 Å². The molecule has 100 valence electrons. The van der Waals surface area contributed by atoms with Crippen molar-refractivity contribution in [1.29, 1.82) is 0 Å². The molecular weight excluding hydrogens is 268 g/mol. The molecule has 1 N–H and O–H groups in total. The molecule has 0 aliphatic rings. The standard InChI is InChI=1S/C14H12O4.ClH/c1-17-13-9-10(14(15)16)7-8-12(13)18-11-5-3-2-4-6-11;/h2-9H,1H3,(H,15,16);1H. The molecule has 0 spiro atoms. The summed E-state index contributed by atoms with van der Waals surface area (Å²) in [5, 5.41) is 8.89. The minimum absolute atomic E-state index is 0. The van der Waals surface area contributed by atoms with E-state index in [1.807, 2.05) is 30.3 Å². The van der Waals surface area contributed by atoms with E-state index in [0.29, 0.717) is 17.2 Å². The first-order valence-electron chi connectivity index (χ1n) is 5.35. The molecule has 0 unspecified atom stereocenters. The summed E-state index contributed by atoms with van der Waals surface area (Å²) < 4.78 is 10.7. The van der Waals surface area contributed by atoms with Crippen LogP contribution in [0.25, 0.3) is 0 Å². The number of carboxylic acid groups (broad SMARTS) is 1. The van der Waals surface area contributed by atoms with Crippen molar-refractivity contribution in [3.05, 3.63) is 54.1 Å². The number of halogens is 1. The molecule has 0 amide bonds. The Hall–Kier alpha value is -2.20. The molecule has 0 heterocycles. The third-order valence-electron chi connectivity index (χ3n) is 2.38. The van der Waals surface area contributed by atoms with Crippen LogP contribution in [-0.2, 0) is 0 Å². The summed E-state index contributed by atoms with van der Waals surface area (Å²) >= 11 is 0. The van der Waals surface area contributed by atoms with E-state index in [1.165, 1.54) is 19.2 Å². The second-order valence-electron chi connectivity index (χ2n) is 3.59. The van der Waals surface area contributed by atoms with Crippen LogP contribution in [0.5, 0.6) is 17.2 Å². The van der Waals surface area contributed by atoms with Crippen molar-refractivity contribution < 1.29 is 19.4 Å². The van der Waals surface area contributed by atoms with Crippen LogP contribution in [0.3, 0.4) is 0 Å². The van der Waals surface area contributed by atoms with E-state index in [0.717, 1.165) is 0 Å². The molecule has 19 heavy (non-hydrogen) atoms. The Balaban J connectivity index is 0.00000180. The zero-order valence-corrected chi connectivity index (χ0v) is 11.0. The quantitative estimate of drug-likeness (QED) is 0.929. The molecule has 0 radical (unpaired) electrons. The third-order valence-corrected chi connectivity index (χ3v) is 2.38. The molecule has 4 nitrogen and oxygen atoms in total. The second-order valence-corrected chi connectivity index (χ2v) is 3.59. The summed E-state index contributed by atoms with van der Waals surface area (Å²) in [5.74, 6) is 0.533. The predicted octanol–water partition coefficient (Wildman–Crippen LogP) is 3.61. The molecular formula is C14H13ClO4. The van der Waals surface area contributed by atoms with Gasteiger partial charge in [0.2, 0.25) is 0 Å². The summed E-state index contributed by atoms with van der Waals surface area (Å²) in [6, 6.07) is 13.7. The SMILES string of the molecule is COc1cc(C(=O)O)ccc1Oc1ccccc1.Cl. The fourth-order valence-corrected chi connectivity index (χ4v) is 1.50. The lowest BCUT2D eigenvalue weighted by molar-refractivity contribution is 0.0696. The predicted molar refractivity (Wildman–Crippen MR) is 73.7 cm³/mol. The molecule has 0 aliphatic carbocycles. The monoisotopic (exact) mass is 280 g/mol. The number of hydrogen-bond donors (Lipinski definition) is 1. The van der Waals surface area contributed by atoms with Gasteiger partial charge in [-0.25, -0.2) is 4.79 Å². The van der Waals surface area contributed by atoms with Crippen LogP contribution >= 0.6 is 12.4 Å². The van der Waals surface area contributed by atoms with Crippen LogP contribution in [0.2, 0.25) is 0 Å². The van der Waals surface area contributed by atoms with Gasteiger partial charge in [0.1, 0.15) is 5.75 Å². The highest BCUT2D eigenvalue weighted by molar-refractivity contribution is 5.88. The number of carboxylic acids is 1. The van der Waals surface area contributed by atoms with Gasteiger partial charge in [0, 0.05) is 0 Å². The van der Waals surface area contributed by atoms with Crippen molar-refractivity contribution >= 4 is 18.4 Å². The van der Waals surface area contributed by atoms with Gasteiger partial charge in [-0.05, 0) is 30.3 Å². The van der Waals surface area contributed by atoms with Gasteiger partial charge < -0.3 is 14.6 Å². The molecule has 0 saturated carbocycles. The van der Waals surface area contributed by atoms with Gasteiger partial charge >= 0.3 is 5.97 Å². The Morgan fingerprint density at radius 2 is 1.74 bits per heavy atom. The van der Waals surface area contributed by atoms with E-state index in [4.69, 9.17) is 14.6 Å². The van der Waals surface area contributed by atoms with Crippen LogP contribution in [-0.4, -0.2) is 18.2 Å². The van der Waals surface area contributed by atoms with Crippen molar-refractivity contribution in [2.75, 3.05) is 7.11 Å². The molecule has 0 fully saturated rings. The highest BCUT2D eigenvalue weighted by Crippen LogP contribution is 2.32.